The maximum absolute atomic E-state index is 12.4. The molecule has 0 radical (unpaired) electrons. The number of anilines is 1. The van der Waals surface area contributed by atoms with E-state index in [4.69, 9.17) is 0 Å². The monoisotopic (exact) mass is 276 g/mol. The first kappa shape index (κ1) is 14.3. The number of pyridine rings is 1. The zero-order valence-electron chi connectivity index (χ0n) is 12.5. The van der Waals surface area contributed by atoms with Crippen molar-refractivity contribution in [3.05, 3.63) is 32.6 Å². The summed E-state index contributed by atoms with van der Waals surface area (Å²) in [5.74, 6) is 0.453. The van der Waals surface area contributed by atoms with E-state index < -0.39 is 0 Å². The third-order valence-electron chi connectivity index (χ3n) is 3.35. The minimum absolute atomic E-state index is 0.314. The minimum atomic E-state index is -0.367. The van der Waals surface area contributed by atoms with Gasteiger partial charge in [-0.1, -0.05) is 13.8 Å². The summed E-state index contributed by atoms with van der Waals surface area (Å²) < 4.78 is 2.51. The second-order valence-electron chi connectivity index (χ2n) is 5.50. The topological polar surface area (TPSA) is 68.9 Å². The Labute approximate surface area is 117 Å². The lowest BCUT2D eigenvalue weighted by Gasteiger charge is -2.15. The Kier molecular flexibility index (Phi) is 3.65. The fourth-order valence-electron chi connectivity index (χ4n) is 2.16. The predicted molar refractivity (Wildman–Crippen MR) is 80.3 cm³/mol. The fourth-order valence-corrected chi connectivity index (χ4v) is 2.16. The summed E-state index contributed by atoms with van der Waals surface area (Å²) in [6.07, 6.45) is 1.68. The van der Waals surface area contributed by atoms with E-state index in [1.165, 1.54) is 11.6 Å². The van der Waals surface area contributed by atoms with Crippen LogP contribution in [-0.2, 0) is 14.1 Å². The standard InChI is InChI=1S/C14H20N4O2/c1-8(2)6-15-11-9(3)7-16-12-10(11)13(19)18(5)14(20)17(12)4/h7-8H,6H2,1-5H3,(H,15,16). The van der Waals surface area contributed by atoms with Crippen LogP contribution in [0.3, 0.4) is 0 Å². The van der Waals surface area contributed by atoms with Gasteiger partial charge in [0.1, 0.15) is 5.39 Å². The van der Waals surface area contributed by atoms with Crippen molar-refractivity contribution in [1.29, 1.82) is 0 Å². The molecular weight excluding hydrogens is 256 g/mol. The van der Waals surface area contributed by atoms with Crippen molar-refractivity contribution in [1.82, 2.24) is 14.1 Å². The molecule has 108 valence electrons. The SMILES string of the molecule is Cc1cnc2c(c1NCC(C)C)c(=O)n(C)c(=O)n2C. The molecule has 1 N–H and O–H groups in total. The van der Waals surface area contributed by atoms with Crippen molar-refractivity contribution in [2.75, 3.05) is 11.9 Å². The smallest absolute Gasteiger partial charge is 0.332 e. The molecule has 0 amide bonds. The molecule has 0 bridgehead atoms. The quantitative estimate of drug-likeness (QED) is 0.908. The van der Waals surface area contributed by atoms with Crippen LogP contribution in [0.1, 0.15) is 19.4 Å². The number of nitrogens with zero attached hydrogens (tertiary/aromatic N) is 3. The molecule has 2 aromatic rings. The highest BCUT2D eigenvalue weighted by molar-refractivity contribution is 5.89. The van der Waals surface area contributed by atoms with E-state index in [0.29, 0.717) is 17.0 Å². The van der Waals surface area contributed by atoms with Gasteiger partial charge in [-0.2, -0.15) is 0 Å². The van der Waals surface area contributed by atoms with E-state index in [2.05, 4.69) is 24.1 Å². The van der Waals surface area contributed by atoms with Crippen LogP contribution in [0, 0.1) is 12.8 Å². The van der Waals surface area contributed by atoms with Gasteiger partial charge in [0.2, 0.25) is 0 Å². The van der Waals surface area contributed by atoms with Crippen LogP contribution in [0.2, 0.25) is 0 Å². The molecule has 20 heavy (non-hydrogen) atoms. The lowest BCUT2D eigenvalue weighted by Crippen LogP contribution is -2.37. The molecule has 0 aliphatic heterocycles. The van der Waals surface area contributed by atoms with Gasteiger partial charge >= 0.3 is 5.69 Å². The molecule has 6 heteroatoms. The first-order valence-corrected chi connectivity index (χ1v) is 6.63. The maximum atomic E-state index is 12.4. The van der Waals surface area contributed by atoms with Crippen molar-refractivity contribution in [2.45, 2.75) is 20.8 Å². The van der Waals surface area contributed by atoms with E-state index in [1.54, 1.807) is 13.2 Å². The number of hydrogen-bond acceptors (Lipinski definition) is 4. The van der Waals surface area contributed by atoms with E-state index in [1.807, 2.05) is 6.92 Å². The number of hydrogen-bond donors (Lipinski definition) is 1. The molecule has 0 spiro atoms. The second-order valence-corrected chi connectivity index (χ2v) is 5.50. The molecule has 0 fully saturated rings. The van der Waals surface area contributed by atoms with Crippen molar-refractivity contribution in [3.8, 4) is 0 Å². The van der Waals surface area contributed by atoms with Gasteiger partial charge in [-0.3, -0.25) is 13.9 Å². The third kappa shape index (κ3) is 2.21. The molecule has 2 rings (SSSR count). The molecule has 0 saturated heterocycles. The first-order valence-electron chi connectivity index (χ1n) is 6.63. The van der Waals surface area contributed by atoms with Crippen molar-refractivity contribution in [3.63, 3.8) is 0 Å². The van der Waals surface area contributed by atoms with Crippen LogP contribution in [0.5, 0.6) is 0 Å². The summed E-state index contributed by atoms with van der Waals surface area (Å²) >= 11 is 0. The number of aryl methyl sites for hydroxylation is 2. The summed E-state index contributed by atoms with van der Waals surface area (Å²) in [6, 6.07) is 0. The number of nitrogens with one attached hydrogen (secondary N) is 1. The highest BCUT2D eigenvalue weighted by atomic mass is 16.2. The number of aromatic nitrogens is 3. The largest absolute Gasteiger partial charge is 0.384 e. The van der Waals surface area contributed by atoms with Gasteiger partial charge in [0.25, 0.3) is 5.56 Å². The second kappa shape index (κ2) is 5.11. The fraction of sp³-hybridized carbons (Fsp3) is 0.500. The summed E-state index contributed by atoms with van der Waals surface area (Å²) in [6.45, 7) is 6.85. The highest BCUT2D eigenvalue weighted by Crippen LogP contribution is 2.21. The van der Waals surface area contributed by atoms with E-state index in [9.17, 15) is 9.59 Å². The molecule has 0 aliphatic rings. The molecule has 0 aliphatic carbocycles. The molecular formula is C14H20N4O2. The average Bonchev–Trinajstić information content (AvgIpc) is 2.40. The molecule has 2 heterocycles. The van der Waals surface area contributed by atoms with Crippen LogP contribution in [0.15, 0.2) is 15.8 Å². The zero-order valence-corrected chi connectivity index (χ0v) is 12.5. The molecule has 6 nitrogen and oxygen atoms in total. The van der Waals surface area contributed by atoms with Crippen LogP contribution in [0.25, 0.3) is 11.0 Å². The van der Waals surface area contributed by atoms with Gasteiger partial charge in [-0.15, -0.1) is 0 Å². The third-order valence-corrected chi connectivity index (χ3v) is 3.35. The van der Waals surface area contributed by atoms with E-state index in [-0.39, 0.29) is 11.2 Å². The van der Waals surface area contributed by atoms with Crippen molar-refractivity contribution >= 4 is 16.7 Å². The summed E-state index contributed by atoms with van der Waals surface area (Å²) in [7, 11) is 3.11. The number of rotatable bonds is 3. The molecule has 0 saturated carbocycles. The molecule has 0 atom stereocenters. The van der Waals surface area contributed by atoms with Gasteiger partial charge in [0.05, 0.1) is 5.69 Å². The summed E-state index contributed by atoms with van der Waals surface area (Å²) in [5.41, 5.74) is 1.39. The highest BCUT2D eigenvalue weighted by Gasteiger charge is 2.15. The van der Waals surface area contributed by atoms with Crippen LogP contribution >= 0.6 is 0 Å². The molecule has 0 unspecified atom stereocenters. The Bertz CT molecular complexity index is 771. The number of fused-ring (bicyclic) bond motifs is 1. The zero-order chi connectivity index (χ0) is 15.0. The Balaban J connectivity index is 2.83. The molecule has 0 aromatic carbocycles. The van der Waals surface area contributed by atoms with Crippen LogP contribution in [-0.4, -0.2) is 20.7 Å². The van der Waals surface area contributed by atoms with Gasteiger partial charge in [0, 0.05) is 26.8 Å². The Morgan fingerprint density at radius 1 is 1.25 bits per heavy atom. The summed E-state index contributed by atoms with van der Waals surface area (Å²) in [5, 5.41) is 3.77. The normalized spacial score (nSPS) is 11.3. The first-order chi connectivity index (χ1) is 9.34. The van der Waals surface area contributed by atoms with E-state index in [0.717, 1.165) is 22.4 Å². The van der Waals surface area contributed by atoms with E-state index >= 15 is 0 Å². The Morgan fingerprint density at radius 3 is 2.50 bits per heavy atom. The lowest BCUT2D eigenvalue weighted by atomic mass is 10.1. The minimum Gasteiger partial charge on any atom is -0.384 e. The van der Waals surface area contributed by atoms with Gasteiger partial charge in [-0.25, -0.2) is 9.78 Å². The van der Waals surface area contributed by atoms with Crippen LogP contribution < -0.4 is 16.6 Å². The van der Waals surface area contributed by atoms with Gasteiger partial charge in [-0.05, 0) is 18.4 Å². The predicted octanol–water partition coefficient (Wildman–Crippen LogP) is 1.01. The van der Waals surface area contributed by atoms with Crippen molar-refractivity contribution < 1.29 is 0 Å². The van der Waals surface area contributed by atoms with Gasteiger partial charge < -0.3 is 5.32 Å². The van der Waals surface area contributed by atoms with Gasteiger partial charge in [0.15, 0.2) is 5.65 Å². The Morgan fingerprint density at radius 2 is 1.90 bits per heavy atom. The van der Waals surface area contributed by atoms with Crippen molar-refractivity contribution in [2.24, 2.45) is 20.0 Å². The molecule has 2 aromatic heterocycles. The maximum Gasteiger partial charge on any atom is 0.332 e. The summed E-state index contributed by atoms with van der Waals surface area (Å²) in [4.78, 5) is 28.6. The van der Waals surface area contributed by atoms with Crippen LogP contribution in [0.4, 0.5) is 5.69 Å². The average molecular weight is 276 g/mol. The lowest BCUT2D eigenvalue weighted by molar-refractivity contribution is 0.687. The Hall–Kier alpha value is -2.11.